The van der Waals surface area contributed by atoms with Gasteiger partial charge in [-0.2, -0.15) is 0 Å². The van der Waals surface area contributed by atoms with Crippen LogP contribution in [0.3, 0.4) is 0 Å². The van der Waals surface area contributed by atoms with Crippen molar-refractivity contribution in [2.24, 2.45) is 0 Å². The molecule has 3 aromatic rings. The van der Waals surface area contributed by atoms with Crippen LogP contribution in [0.2, 0.25) is 0 Å². The van der Waals surface area contributed by atoms with Crippen LogP contribution in [-0.4, -0.2) is 17.2 Å². The Morgan fingerprint density at radius 3 is 1.93 bits per heavy atom. The Labute approximate surface area is 162 Å². The molecule has 2 aromatic carbocycles. The number of fused-ring (bicyclic) bond motifs is 1. The predicted octanol–water partition coefficient (Wildman–Crippen LogP) is 6.45. The second kappa shape index (κ2) is 6.33. The third-order valence-corrected chi connectivity index (χ3v) is 5.28. The Morgan fingerprint density at radius 1 is 0.889 bits per heavy atom. The van der Waals surface area contributed by atoms with E-state index in [0.29, 0.717) is 5.75 Å². The Kier molecular flexibility index (Phi) is 4.54. The summed E-state index contributed by atoms with van der Waals surface area (Å²) in [5.41, 5.74) is 6.12. The normalized spacial score (nSPS) is 12.6. The van der Waals surface area contributed by atoms with Crippen molar-refractivity contribution < 1.29 is 9.84 Å². The zero-order valence-electron chi connectivity index (χ0n) is 17.7. The van der Waals surface area contributed by atoms with Crippen molar-refractivity contribution in [3.8, 4) is 22.8 Å². The molecule has 2 N–H and O–H groups in total. The van der Waals surface area contributed by atoms with Crippen molar-refractivity contribution >= 4 is 10.9 Å². The van der Waals surface area contributed by atoms with Crippen LogP contribution in [0.5, 0.6) is 11.5 Å². The molecule has 0 saturated carbocycles. The second-order valence-electron chi connectivity index (χ2n) is 9.46. The smallest absolute Gasteiger partial charge is 0.123 e. The number of ether oxygens (including phenoxy) is 1. The largest absolute Gasteiger partial charge is 0.507 e. The molecule has 0 fully saturated rings. The Hall–Kier alpha value is -2.42. The number of rotatable bonds is 2. The summed E-state index contributed by atoms with van der Waals surface area (Å²) in [4.78, 5) is 3.57. The van der Waals surface area contributed by atoms with Gasteiger partial charge in [0.1, 0.15) is 11.5 Å². The van der Waals surface area contributed by atoms with Crippen molar-refractivity contribution in [2.75, 3.05) is 7.11 Å². The minimum Gasteiger partial charge on any atom is -0.507 e. The highest BCUT2D eigenvalue weighted by Crippen LogP contribution is 2.43. The number of methoxy groups -OCH3 is 1. The van der Waals surface area contributed by atoms with E-state index in [9.17, 15) is 5.11 Å². The predicted molar refractivity (Wildman–Crippen MR) is 114 cm³/mol. The lowest BCUT2D eigenvalue weighted by Crippen LogP contribution is -2.17. The standard InChI is InChI=1S/C24H31NO2/c1-14-17-13-16(27-8)9-10-20(17)25-21(14)15-11-18(23(2,3)4)22(26)19(12-15)24(5,6)7/h9-13,25-26H,1-8H3. The van der Waals surface area contributed by atoms with Crippen LogP contribution in [0.4, 0.5) is 0 Å². The summed E-state index contributed by atoms with van der Waals surface area (Å²) < 4.78 is 5.39. The lowest BCUT2D eigenvalue weighted by molar-refractivity contribution is 0.415. The van der Waals surface area contributed by atoms with E-state index in [-0.39, 0.29) is 10.8 Å². The highest BCUT2D eigenvalue weighted by atomic mass is 16.5. The minimum absolute atomic E-state index is 0.150. The van der Waals surface area contributed by atoms with Gasteiger partial charge in [-0.05, 0) is 59.2 Å². The number of phenolic OH excluding ortho intramolecular Hbond substituents is 1. The molecule has 0 aliphatic carbocycles. The maximum atomic E-state index is 11.0. The van der Waals surface area contributed by atoms with E-state index in [1.165, 1.54) is 5.56 Å². The van der Waals surface area contributed by atoms with Gasteiger partial charge in [-0.25, -0.2) is 0 Å². The van der Waals surface area contributed by atoms with Gasteiger partial charge in [-0.1, -0.05) is 41.5 Å². The van der Waals surface area contributed by atoms with Gasteiger partial charge in [0.15, 0.2) is 0 Å². The van der Waals surface area contributed by atoms with Gasteiger partial charge in [0, 0.05) is 27.7 Å². The van der Waals surface area contributed by atoms with Crippen molar-refractivity contribution in [2.45, 2.75) is 59.3 Å². The molecular weight excluding hydrogens is 334 g/mol. The van der Waals surface area contributed by atoms with Crippen molar-refractivity contribution in [3.63, 3.8) is 0 Å². The molecule has 0 saturated heterocycles. The number of aromatic hydroxyl groups is 1. The molecule has 1 aromatic heterocycles. The van der Waals surface area contributed by atoms with Gasteiger partial charge < -0.3 is 14.8 Å². The van der Waals surface area contributed by atoms with Crippen molar-refractivity contribution in [1.82, 2.24) is 4.98 Å². The summed E-state index contributed by atoms with van der Waals surface area (Å²) in [5, 5.41) is 12.1. The number of nitrogens with one attached hydrogen (secondary N) is 1. The first-order chi connectivity index (χ1) is 12.4. The zero-order chi connectivity index (χ0) is 20.1. The molecule has 0 radical (unpaired) electrons. The Balaban J connectivity index is 2.31. The zero-order valence-corrected chi connectivity index (χ0v) is 17.7. The highest BCUT2D eigenvalue weighted by Gasteiger charge is 2.27. The van der Waals surface area contributed by atoms with E-state index in [0.717, 1.165) is 39.0 Å². The number of aryl methyl sites for hydroxylation is 1. The van der Waals surface area contributed by atoms with E-state index >= 15 is 0 Å². The average molecular weight is 366 g/mol. The third kappa shape index (κ3) is 3.43. The van der Waals surface area contributed by atoms with E-state index in [2.05, 4.69) is 77.7 Å². The van der Waals surface area contributed by atoms with Crippen molar-refractivity contribution in [1.29, 1.82) is 0 Å². The van der Waals surface area contributed by atoms with Crippen LogP contribution in [0.15, 0.2) is 30.3 Å². The molecule has 0 atom stereocenters. The monoisotopic (exact) mass is 365 g/mol. The fourth-order valence-corrected chi connectivity index (χ4v) is 3.64. The van der Waals surface area contributed by atoms with Gasteiger partial charge >= 0.3 is 0 Å². The molecule has 3 heteroatoms. The molecule has 144 valence electrons. The first-order valence-electron chi connectivity index (χ1n) is 9.48. The fourth-order valence-electron chi connectivity index (χ4n) is 3.64. The summed E-state index contributed by atoms with van der Waals surface area (Å²) >= 11 is 0. The van der Waals surface area contributed by atoms with Gasteiger partial charge in [-0.15, -0.1) is 0 Å². The fraction of sp³-hybridized carbons (Fsp3) is 0.417. The van der Waals surface area contributed by atoms with E-state index < -0.39 is 0 Å². The third-order valence-electron chi connectivity index (χ3n) is 5.28. The molecule has 27 heavy (non-hydrogen) atoms. The maximum absolute atomic E-state index is 11.0. The number of aromatic amines is 1. The van der Waals surface area contributed by atoms with Crippen molar-refractivity contribution in [3.05, 3.63) is 47.0 Å². The lowest BCUT2D eigenvalue weighted by Gasteiger charge is -2.28. The van der Waals surface area contributed by atoms with Crippen LogP contribution in [-0.2, 0) is 10.8 Å². The van der Waals surface area contributed by atoms with Crippen LogP contribution < -0.4 is 4.74 Å². The number of hydrogen-bond acceptors (Lipinski definition) is 2. The highest BCUT2D eigenvalue weighted by molar-refractivity contribution is 5.91. The van der Waals surface area contributed by atoms with Crippen LogP contribution >= 0.6 is 0 Å². The molecule has 0 amide bonds. The van der Waals surface area contributed by atoms with Crippen LogP contribution in [0, 0.1) is 6.92 Å². The molecule has 1 heterocycles. The first kappa shape index (κ1) is 19.3. The Bertz CT molecular complexity index is 963. The maximum Gasteiger partial charge on any atom is 0.123 e. The van der Waals surface area contributed by atoms with Gasteiger partial charge in [0.25, 0.3) is 0 Å². The number of H-pyrrole nitrogens is 1. The second-order valence-corrected chi connectivity index (χ2v) is 9.46. The molecule has 0 aliphatic heterocycles. The van der Waals surface area contributed by atoms with Crippen LogP contribution in [0.1, 0.15) is 58.2 Å². The summed E-state index contributed by atoms with van der Waals surface area (Å²) in [6, 6.07) is 10.3. The average Bonchev–Trinajstić information content (AvgIpc) is 2.89. The first-order valence-corrected chi connectivity index (χ1v) is 9.48. The number of hydrogen-bond donors (Lipinski definition) is 2. The molecule has 0 unspecified atom stereocenters. The number of phenols is 1. The molecule has 0 aliphatic rings. The topological polar surface area (TPSA) is 45.2 Å². The molecule has 3 rings (SSSR count). The van der Waals surface area contributed by atoms with E-state index in [1.54, 1.807) is 7.11 Å². The van der Waals surface area contributed by atoms with Gasteiger partial charge in [-0.3, -0.25) is 0 Å². The van der Waals surface area contributed by atoms with E-state index in [4.69, 9.17) is 4.74 Å². The summed E-state index contributed by atoms with van der Waals surface area (Å²) in [6.07, 6.45) is 0. The molecule has 3 nitrogen and oxygen atoms in total. The Morgan fingerprint density at radius 2 is 1.44 bits per heavy atom. The van der Waals surface area contributed by atoms with Crippen LogP contribution in [0.25, 0.3) is 22.2 Å². The van der Waals surface area contributed by atoms with E-state index in [1.807, 2.05) is 6.07 Å². The summed E-state index contributed by atoms with van der Waals surface area (Å²) in [6.45, 7) is 15.0. The summed E-state index contributed by atoms with van der Waals surface area (Å²) in [5.74, 6) is 1.27. The molecule has 0 spiro atoms. The van der Waals surface area contributed by atoms with Gasteiger partial charge in [0.2, 0.25) is 0 Å². The number of aromatic nitrogens is 1. The lowest BCUT2D eigenvalue weighted by atomic mass is 9.78. The van der Waals surface area contributed by atoms with Gasteiger partial charge in [0.05, 0.1) is 7.11 Å². The quantitative estimate of drug-likeness (QED) is 0.548. The minimum atomic E-state index is -0.150. The molecule has 0 bridgehead atoms. The number of benzene rings is 2. The summed E-state index contributed by atoms with van der Waals surface area (Å²) in [7, 11) is 1.69. The molecular formula is C24H31NO2. The SMILES string of the molecule is COc1ccc2[nH]c(-c3cc(C(C)(C)C)c(O)c(C(C)(C)C)c3)c(C)c2c1.